The largest absolute Gasteiger partial charge is 0.455 e. The molecule has 0 rings (SSSR count). The number of hydrogen-bond donors (Lipinski definition) is 0. The predicted octanol–water partition coefficient (Wildman–Crippen LogP) is 9.89. The SMILES string of the molecule is CCCCCCCCCCCCCCC(=O)OC(C=O)CCCCCCCCCCCCC. The fourth-order valence-electron chi connectivity index (χ4n) is 4.50. The molecule has 196 valence electrons. The second-order valence-corrected chi connectivity index (χ2v) is 10.1. The molecule has 0 aliphatic heterocycles. The Morgan fingerprint density at radius 1 is 0.545 bits per heavy atom. The fraction of sp³-hybridized carbons (Fsp3) is 0.933. The molecular weight excluding hydrogens is 408 g/mol. The van der Waals surface area contributed by atoms with E-state index in [1.165, 1.54) is 122 Å². The predicted molar refractivity (Wildman–Crippen MR) is 143 cm³/mol. The number of hydrogen-bond acceptors (Lipinski definition) is 3. The normalized spacial score (nSPS) is 12.1. The molecule has 0 bridgehead atoms. The number of unbranched alkanes of at least 4 members (excludes halogenated alkanes) is 21. The standard InChI is InChI=1S/C30H58O3/c1-3-5-7-9-11-13-15-17-19-21-23-25-27-30(32)33-29(28-31)26-24-22-20-18-16-14-12-10-8-6-4-2/h28-29H,3-27H2,1-2H3. The summed E-state index contributed by atoms with van der Waals surface area (Å²) in [5.41, 5.74) is 0. The van der Waals surface area contributed by atoms with Gasteiger partial charge in [0.25, 0.3) is 0 Å². The van der Waals surface area contributed by atoms with Crippen molar-refractivity contribution in [3.05, 3.63) is 0 Å². The van der Waals surface area contributed by atoms with Gasteiger partial charge in [-0.05, 0) is 19.3 Å². The van der Waals surface area contributed by atoms with E-state index in [4.69, 9.17) is 4.74 Å². The van der Waals surface area contributed by atoms with Crippen molar-refractivity contribution in [2.24, 2.45) is 0 Å². The van der Waals surface area contributed by atoms with Gasteiger partial charge in [-0.1, -0.05) is 149 Å². The highest BCUT2D eigenvalue weighted by atomic mass is 16.5. The number of carbonyl (C=O) groups is 2. The van der Waals surface area contributed by atoms with E-state index < -0.39 is 6.10 Å². The van der Waals surface area contributed by atoms with Crippen molar-refractivity contribution in [3.8, 4) is 0 Å². The van der Waals surface area contributed by atoms with Crippen LogP contribution in [-0.4, -0.2) is 18.4 Å². The molecule has 0 aromatic rings. The van der Waals surface area contributed by atoms with E-state index in [9.17, 15) is 9.59 Å². The van der Waals surface area contributed by atoms with Gasteiger partial charge in [0.2, 0.25) is 0 Å². The zero-order valence-corrected chi connectivity index (χ0v) is 22.6. The van der Waals surface area contributed by atoms with Gasteiger partial charge in [-0.25, -0.2) is 0 Å². The van der Waals surface area contributed by atoms with E-state index in [1.807, 2.05) is 0 Å². The second-order valence-electron chi connectivity index (χ2n) is 10.1. The summed E-state index contributed by atoms with van der Waals surface area (Å²) in [6.45, 7) is 4.52. The Hall–Kier alpha value is -0.860. The second kappa shape index (κ2) is 27.4. The zero-order valence-electron chi connectivity index (χ0n) is 22.6. The first-order valence-corrected chi connectivity index (χ1v) is 14.9. The van der Waals surface area contributed by atoms with Crippen molar-refractivity contribution in [1.29, 1.82) is 0 Å². The minimum absolute atomic E-state index is 0.192. The first kappa shape index (κ1) is 32.1. The van der Waals surface area contributed by atoms with Gasteiger partial charge in [-0.15, -0.1) is 0 Å². The van der Waals surface area contributed by atoms with Gasteiger partial charge in [0, 0.05) is 6.42 Å². The Balaban J connectivity index is 3.44. The molecule has 3 nitrogen and oxygen atoms in total. The van der Waals surface area contributed by atoms with Crippen molar-refractivity contribution in [2.75, 3.05) is 0 Å². The molecule has 0 fully saturated rings. The minimum atomic E-state index is -0.534. The molecule has 0 saturated heterocycles. The van der Waals surface area contributed by atoms with Gasteiger partial charge in [0.05, 0.1) is 0 Å². The maximum atomic E-state index is 12.0. The van der Waals surface area contributed by atoms with Gasteiger partial charge in [-0.2, -0.15) is 0 Å². The molecule has 1 unspecified atom stereocenters. The summed E-state index contributed by atoms with van der Waals surface area (Å²) in [6.07, 6.45) is 31.0. The lowest BCUT2D eigenvalue weighted by atomic mass is 10.0. The molecule has 1 atom stereocenters. The highest BCUT2D eigenvalue weighted by Crippen LogP contribution is 2.15. The van der Waals surface area contributed by atoms with E-state index in [2.05, 4.69) is 13.8 Å². The number of rotatable bonds is 27. The van der Waals surface area contributed by atoms with Crippen LogP contribution >= 0.6 is 0 Å². The smallest absolute Gasteiger partial charge is 0.306 e. The summed E-state index contributed by atoms with van der Waals surface area (Å²) >= 11 is 0. The molecule has 0 amide bonds. The molecular formula is C30H58O3. The van der Waals surface area contributed by atoms with Gasteiger partial charge in [0.15, 0.2) is 12.4 Å². The van der Waals surface area contributed by atoms with Gasteiger partial charge >= 0.3 is 5.97 Å². The Morgan fingerprint density at radius 2 is 0.879 bits per heavy atom. The summed E-state index contributed by atoms with van der Waals surface area (Å²) in [5, 5.41) is 0. The lowest BCUT2D eigenvalue weighted by Gasteiger charge is -2.12. The minimum Gasteiger partial charge on any atom is -0.455 e. The molecule has 3 heteroatoms. The maximum Gasteiger partial charge on any atom is 0.306 e. The molecule has 0 radical (unpaired) electrons. The number of esters is 1. The van der Waals surface area contributed by atoms with E-state index in [-0.39, 0.29) is 5.97 Å². The lowest BCUT2D eigenvalue weighted by molar-refractivity contribution is -0.152. The molecule has 0 aromatic carbocycles. The number of carbonyl (C=O) groups excluding carboxylic acids is 2. The average Bonchev–Trinajstić information content (AvgIpc) is 2.82. The summed E-state index contributed by atoms with van der Waals surface area (Å²) in [6, 6.07) is 0. The third kappa shape index (κ3) is 25.6. The summed E-state index contributed by atoms with van der Waals surface area (Å²) in [7, 11) is 0. The Bertz CT molecular complexity index is 407. The van der Waals surface area contributed by atoms with E-state index in [1.54, 1.807) is 0 Å². The summed E-state index contributed by atoms with van der Waals surface area (Å²) in [4.78, 5) is 23.3. The molecule has 0 heterocycles. The van der Waals surface area contributed by atoms with Crippen LogP contribution in [0.5, 0.6) is 0 Å². The van der Waals surface area contributed by atoms with Gasteiger partial charge < -0.3 is 4.74 Å². The van der Waals surface area contributed by atoms with Crippen LogP contribution in [-0.2, 0) is 14.3 Å². The molecule has 0 spiro atoms. The fourth-order valence-corrected chi connectivity index (χ4v) is 4.50. The molecule has 0 aliphatic rings. The van der Waals surface area contributed by atoms with Crippen LogP contribution in [0.25, 0.3) is 0 Å². The Kier molecular flexibility index (Phi) is 26.7. The highest BCUT2D eigenvalue weighted by Gasteiger charge is 2.13. The Morgan fingerprint density at radius 3 is 1.24 bits per heavy atom. The third-order valence-electron chi connectivity index (χ3n) is 6.76. The maximum absolute atomic E-state index is 12.0. The van der Waals surface area contributed by atoms with Crippen molar-refractivity contribution in [2.45, 2.75) is 180 Å². The molecule has 0 aliphatic carbocycles. The van der Waals surface area contributed by atoms with Crippen molar-refractivity contribution in [1.82, 2.24) is 0 Å². The monoisotopic (exact) mass is 466 g/mol. The summed E-state index contributed by atoms with van der Waals surface area (Å²) in [5.74, 6) is -0.192. The van der Waals surface area contributed by atoms with Crippen molar-refractivity contribution < 1.29 is 14.3 Å². The topological polar surface area (TPSA) is 43.4 Å². The van der Waals surface area contributed by atoms with Gasteiger partial charge in [-0.3, -0.25) is 9.59 Å². The molecule has 0 aromatic heterocycles. The van der Waals surface area contributed by atoms with E-state index >= 15 is 0 Å². The Labute approximate surface area is 207 Å². The van der Waals surface area contributed by atoms with E-state index in [0.29, 0.717) is 12.8 Å². The van der Waals surface area contributed by atoms with Gasteiger partial charge in [0.1, 0.15) is 0 Å². The molecule has 0 saturated carbocycles. The number of ether oxygens (including phenoxy) is 1. The number of aldehydes is 1. The van der Waals surface area contributed by atoms with Crippen LogP contribution in [0.2, 0.25) is 0 Å². The van der Waals surface area contributed by atoms with Crippen LogP contribution in [0.15, 0.2) is 0 Å². The van der Waals surface area contributed by atoms with Crippen LogP contribution in [0.1, 0.15) is 174 Å². The van der Waals surface area contributed by atoms with Crippen LogP contribution in [0.4, 0.5) is 0 Å². The average molecular weight is 467 g/mol. The van der Waals surface area contributed by atoms with Crippen LogP contribution in [0.3, 0.4) is 0 Å². The lowest BCUT2D eigenvalue weighted by Crippen LogP contribution is -2.19. The van der Waals surface area contributed by atoms with E-state index in [0.717, 1.165) is 32.0 Å². The van der Waals surface area contributed by atoms with Crippen LogP contribution in [0, 0.1) is 0 Å². The van der Waals surface area contributed by atoms with Crippen LogP contribution < -0.4 is 0 Å². The quantitative estimate of drug-likeness (QED) is 0.0687. The summed E-state index contributed by atoms with van der Waals surface area (Å²) < 4.78 is 5.38. The molecule has 0 N–H and O–H groups in total. The molecule has 33 heavy (non-hydrogen) atoms. The third-order valence-corrected chi connectivity index (χ3v) is 6.76. The van der Waals surface area contributed by atoms with Crippen molar-refractivity contribution in [3.63, 3.8) is 0 Å². The first-order chi connectivity index (χ1) is 16.2. The van der Waals surface area contributed by atoms with Crippen molar-refractivity contribution >= 4 is 12.3 Å². The highest BCUT2D eigenvalue weighted by molar-refractivity contribution is 5.72. The zero-order chi connectivity index (χ0) is 24.2. The first-order valence-electron chi connectivity index (χ1n) is 14.9.